The van der Waals surface area contributed by atoms with E-state index in [-0.39, 0.29) is 39.9 Å². The molecule has 4 aromatic rings. The topological polar surface area (TPSA) is 73.6 Å². The van der Waals surface area contributed by atoms with Gasteiger partial charge in [0.25, 0.3) is 0 Å². The molecular weight excluding hydrogens is 404 g/mol. The maximum absolute atomic E-state index is 13.7. The molecule has 3 aromatic carbocycles. The van der Waals surface area contributed by atoms with Gasteiger partial charge in [0.2, 0.25) is 5.78 Å². The molecule has 0 saturated carbocycles. The molecule has 0 fully saturated rings. The van der Waals surface area contributed by atoms with Crippen LogP contribution >= 0.6 is 0 Å². The Labute approximate surface area is 184 Å². The second-order valence-electron chi connectivity index (χ2n) is 8.18. The van der Waals surface area contributed by atoms with E-state index in [0.29, 0.717) is 22.3 Å². The van der Waals surface area contributed by atoms with Crippen LogP contribution in [0.1, 0.15) is 51.3 Å². The molecule has 1 heterocycles. The quantitative estimate of drug-likeness (QED) is 0.366. The van der Waals surface area contributed by atoms with E-state index >= 15 is 0 Å². The second-order valence-corrected chi connectivity index (χ2v) is 8.18. The van der Waals surface area contributed by atoms with Crippen molar-refractivity contribution in [1.29, 1.82) is 0 Å². The van der Waals surface area contributed by atoms with Crippen LogP contribution < -0.4 is 10.4 Å². The first-order valence-electron chi connectivity index (χ1n) is 10.4. The summed E-state index contributed by atoms with van der Waals surface area (Å²) in [5.74, 6) is -0.325. The van der Waals surface area contributed by atoms with Crippen LogP contribution in [0.15, 0.2) is 69.9 Å². The molecular formula is C27H20O5. The average Bonchev–Trinajstić information content (AvgIpc) is 2.77. The first-order valence-corrected chi connectivity index (χ1v) is 10.4. The fourth-order valence-corrected chi connectivity index (χ4v) is 4.24. The van der Waals surface area contributed by atoms with Gasteiger partial charge in [-0.2, -0.15) is 0 Å². The summed E-state index contributed by atoms with van der Waals surface area (Å²) < 4.78 is 11.5. The molecule has 158 valence electrons. The summed E-state index contributed by atoms with van der Waals surface area (Å²) in [7, 11) is 0. The Morgan fingerprint density at radius 2 is 1.53 bits per heavy atom. The van der Waals surface area contributed by atoms with Crippen LogP contribution in [0, 0.1) is 6.92 Å². The van der Waals surface area contributed by atoms with Crippen LogP contribution in [-0.2, 0) is 0 Å². The fourth-order valence-electron chi connectivity index (χ4n) is 4.24. The minimum absolute atomic E-state index is 0.111. The lowest BCUT2D eigenvalue weighted by molar-refractivity contribution is 0.0974. The van der Waals surface area contributed by atoms with Gasteiger partial charge in [-0.05, 0) is 50.1 Å². The number of carbonyl (C=O) groups is 2. The van der Waals surface area contributed by atoms with Gasteiger partial charge in [0.15, 0.2) is 11.4 Å². The third kappa shape index (κ3) is 2.97. The Bertz CT molecular complexity index is 1480. The maximum Gasteiger partial charge on any atom is 0.344 e. The SMILES string of the molecule is Cc1cc2c(c3oc(=O)c(-c4ccccc4)cc13)C(=O)c1c(OC(C)C)cccc1C2=O. The minimum Gasteiger partial charge on any atom is -0.490 e. The number of rotatable bonds is 3. The highest BCUT2D eigenvalue weighted by molar-refractivity contribution is 6.32. The number of benzene rings is 3. The van der Waals surface area contributed by atoms with Crippen molar-refractivity contribution in [2.45, 2.75) is 26.9 Å². The van der Waals surface area contributed by atoms with Crippen molar-refractivity contribution in [3.8, 4) is 16.9 Å². The van der Waals surface area contributed by atoms with Crippen molar-refractivity contribution in [3.63, 3.8) is 0 Å². The Hall–Kier alpha value is -3.99. The third-order valence-electron chi connectivity index (χ3n) is 5.65. The normalized spacial score (nSPS) is 12.8. The largest absolute Gasteiger partial charge is 0.490 e. The standard InChI is InChI=1S/C27H20O5/c1-14(2)31-21-11-7-10-17-22(21)25(29)23-20(24(17)28)12-15(3)18-13-19(27(30)32-26(18)23)16-8-5-4-6-9-16/h4-14H,1-3H3. The molecule has 0 aliphatic heterocycles. The van der Waals surface area contributed by atoms with Gasteiger partial charge < -0.3 is 9.15 Å². The lowest BCUT2D eigenvalue weighted by Crippen LogP contribution is -2.24. The lowest BCUT2D eigenvalue weighted by atomic mass is 9.81. The maximum atomic E-state index is 13.7. The zero-order chi connectivity index (χ0) is 22.6. The number of ether oxygens (including phenoxy) is 1. The molecule has 5 rings (SSSR count). The average molecular weight is 424 g/mol. The van der Waals surface area contributed by atoms with E-state index in [1.54, 1.807) is 30.3 Å². The highest BCUT2D eigenvalue weighted by Gasteiger charge is 2.35. The monoisotopic (exact) mass is 424 g/mol. The van der Waals surface area contributed by atoms with Gasteiger partial charge in [0.1, 0.15) is 5.75 Å². The summed E-state index contributed by atoms with van der Waals surface area (Å²) >= 11 is 0. The third-order valence-corrected chi connectivity index (χ3v) is 5.65. The highest BCUT2D eigenvalue weighted by Crippen LogP contribution is 2.38. The molecule has 0 amide bonds. The van der Waals surface area contributed by atoms with Gasteiger partial charge in [-0.1, -0.05) is 42.5 Å². The van der Waals surface area contributed by atoms with Gasteiger partial charge in [-0.3, -0.25) is 9.59 Å². The van der Waals surface area contributed by atoms with Gasteiger partial charge in [0.05, 0.1) is 22.8 Å². The number of aryl methyl sites for hydroxylation is 1. The van der Waals surface area contributed by atoms with Crippen LogP contribution in [0.2, 0.25) is 0 Å². The van der Waals surface area contributed by atoms with Gasteiger partial charge in [0, 0.05) is 16.5 Å². The second kappa shape index (κ2) is 7.31. The molecule has 1 aromatic heterocycles. The summed E-state index contributed by atoms with van der Waals surface area (Å²) in [5.41, 5.74) is 2.30. The highest BCUT2D eigenvalue weighted by atomic mass is 16.5. The molecule has 0 unspecified atom stereocenters. The fraction of sp³-hybridized carbons (Fsp3) is 0.148. The van der Waals surface area contributed by atoms with E-state index in [9.17, 15) is 14.4 Å². The van der Waals surface area contributed by atoms with Crippen LogP contribution in [0.25, 0.3) is 22.1 Å². The van der Waals surface area contributed by atoms with Crippen molar-refractivity contribution in [1.82, 2.24) is 0 Å². The summed E-state index contributed by atoms with van der Waals surface area (Å²) in [4.78, 5) is 39.9. The van der Waals surface area contributed by atoms with E-state index in [4.69, 9.17) is 9.15 Å². The molecule has 5 heteroatoms. The Kier molecular flexibility index (Phi) is 4.55. The van der Waals surface area contributed by atoms with Crippen molar-refractivity contribution in [2.75, 3.05) is 0 Å². The predicted octanol–water partition coefficient (Wildman–Crippen LogP) is 5.33. The van der Waals surface area contributed by atoms with E-state index in [2.05, 4.69) is 0 Å². The van der Waals surface area contributed by atoms with Gasteiger partial charge >= 0.3 is 5.63 Å². The van der Waals surface area contributed by atoms with Crippen LogP contribution in [-0.4, -0.2) is 17.7 Å². The number of fused-ring (bicyclic) bond motifs is 4. The molecule has 0 spiro atoms. The van der Waals surface area contributed by atoms with Gasteiger partial charge in [-0.25, -0.2) is 4.79 Å². The molecule has 0 atom stereocenters. The number of hydrogen-bond acceptors (Lipinski definition) is 5. The minimum atomic E-state index is -0.561. The lowest BCUT2D eigenvalue weighted by Gasteiger charge is -2.22. The smallest absolute Gasteiger partial charge is 0.344 e. The first-order chi connectivity index (χ1) is 15.4. The van der Waals surface area contributed by atoms with Crippen molar-refractivity contribution in [2.24, 2.45) is 0 Å². The predicted molar refractivity (Wildman–Crippen MR) is 122 cm³/mol. The molecule has 0 N–H and O–H groups in total. The summed E-state index contributed by atoms with van der Waals surface area (Å²) in [6.07, 6.45) is -0.174. The molecule has 0 bridgehead atoms. The zero-order valence-corrected chi connectivity index (χ0v) is 17.9. The zero-order valence-electron chi connectivity index (χ0n) is 17.9. The summed E-state index contributed by atoms with van der Waals surface area (Å²) in [6, 6.07) is 17.6. The van der Waals surface area contributed by atoms with E-state index in [1.807, 2.05) is 51.1 Å². The molecule has 32 heavy (non-hydrogen) atoms. The van der Waals surface area contributed by atoms with Crippen molar-refractivity contribution >= 4 is 22.5 Å². The van der Waals surface area contributed by atoms with Crippen molar-refractivity contribution in [3.05, 3.63) is 98.9 Å². The van der Waals surface area contributed by atoms with Crippen LogP contribution in [0.5, 0.6) is 5.75 Å². The molecule has 1 aliphatic rings. The van der Waals surface area contributed by atoms with Crippen molar-refractivity contribution < 1.29 is 18.7 Å². The van der Waals surface area contributed by atoms with E-state index in [1.165, 1.54) is 0 Å². The summed E-state index contributed by atoms with van der Waals surface area (Å²) in [6.45, 7) is 5.54. The molecule has 1 aliphatic carbocycles. The van der Waals surface area contributed by atoms with Gasteiger partial charge in [-0.15, -0.1) is 0 Å². The Morgan fingerprint density at radius 1 is 0.781 bits per heavy atom. The number of carbonyl (C=O) groups excluding carboxylic acids is 2. The molecule has 0 radical (unpaired) electrons. The first kappa shape index (κ1) is 19.9. The summed E-state index contributed by atoms with van der Waals surface area (Å²) in [5, 5.41) is 0.620. The Balaban J connectivity index is 1.80. The van der Waals surface area contributed by atoms with Crippen LogP contribution in [0.4, 0.5) is 0 Å². The number of hydrogen-bond donors (Lipinski definition) is 0. The Morgan fingerprint density at radius 3 is 2.25 bits per heavy atom. The van der Waals surface area contributed by atoms with E-state index < -0.39 is 5.63 Å². The molecule has 5 nitrogen and oxygen atoms in total. The van der Waals surface area contributed by atoms with E-state index in [0.717, 1.165) is 11.1 Å². The number of ketones is 2. The molecule has 0 saturated heterocycles. The van der Waals surface area contributed by atoms with Crippen LogP contribution in [0.3, 0.4) is 0 Å².